The van der Waals surface area contributed by atoms with E-state index in [0.717, 1.165) is 6.07 Å². The molecular weight excluding hydrogens is 236 g/mol. The Morgan fingerprint density at radius 3 is 2.61 bits per heavy atom. The highest BCUT2D eigenvalue weighted by atomic mass is 16.4. The van der Waals surface area contributed by atoms with Gasteiger partial charge in [0.25, 0.3) is 5.56 Å². The van der Waals surface area contributed by atoms with Crippen molar-refractivity contribution in [3.63, 3.8) is 0 Å². The molecule has 98 valence electrons. The molecule has 1 aromatic heterocycles. The number of hydrogen-bond donors (Lipinski definition) is 2. The summed E-state index contributed by atoms with van der Waals surface area (Å²) in [6, 6.07) is 2.44. The molecular formula is C12H16N2O4. The number of hydrogen-bond acceptors (Lipinski definition) is 3. The molecule has 0 radical (unpaired) electrons. The van der Waals surface area contributed by atoms with Crippen LogP contribution in [-0.4, -0.2) is 27.6 Å². The first-order valence-electron chi connectivity index (χ1n) is 5.63. The van der Waals surface area contributed by atoms with Gasteiger partial charge in [-0.25, -0.2) is 4.79 Å². The number of nitrogens with one attached hydrogen (secondary N) is 1. The van der Waals surface area contributed by atoms with E-state index in [1.54, 1.807) is 0 Å². The van der Waals surface area contributed by atoms with Crippen LogP contribution in [0.4, 0.5) is 0 Å². The monoisotopic (exact) mass is 252 g/mol. The number of aryl methyl sites for hydroxylation is 1. The topological polar surface area (TPSA) is 88.4 Å². The third kappa shape index (κ3) is 4.04. The molecule has 0 aromatic carbocycles. The van der Waals surface area contributed by atoms with Crippen LogP contribution in [0.1, 0.15) is 30.6 Å². The number of carboxylic acids is 1. The Morgan fingerprint density at radius 2 is 2.11 bits per heavy atom. The van der Waals surface area contributed by atoms with Gasteiger partial charge in [-0.2, -0.15) is 0 Å². The van der Waals surface area contributed by atoms with Crippen LogP contribution in [0, 0.1) is 0 Å². The molecule has 0 fully saturated rings. The van der Waals surface area contributed by atoms with Gasteiger partial charge < -0.3 is 15.0 Å². The fourth-order valence-corrected chi connectivity index (χ4v) is 1.44. The summed E-state index contributed by atoms with van der Waals surface area (Å²) < 4.78 is 1.31. The van der Waals surface area contributed by atoms with Crippen LogP contribution in [0.3, 0.4) is 0 Å². The smallest absolute Gasteiger partial charge is 0.335 e. The minimum absolute atomic E-state index is 0.0529. The molecule has 1 heterocycles. The lowest BCUT2D eigenvalue weighted by atomic mass is 10.2. The second kappa shape index (κ2) is 6.00. The first-order chi connectivity index (χ1) is 8.40. The average molecular weight is 252 g/mol. The van der Waals surface area contributed by atoms with E-state index in [9.17, 15) is 14.4 Å². The van der Waals surface area contributed by atoms with Gasteiger partial charge in [0.05, 0.1) is 5.56 Å². The van der Waals surface area contributed by atoms with E-state index in [2.05, 4.69) is 5.32 Å². The molecule has 0 bridgehead atoms. The summed E-state index contributed by atoms with van der Waals surface area (Å²) in [4.78, 5) is 33.6. The van der Waals surface area contributed by atoms with Crippen molar-refractivity contribution in [3.8, 4) is 0 Å². The molecule has 6 heteroatoms. The molecule has 0 atom stereocenters. The number of rotatable bonds is 5. The molecule has 1 amide bonds. The predicted octanol–water partition coefficient (Wildman–Crippen LogP) is 0.461. The highest BCUT2D eigenvalue weighted by Gasteiger charge is 2.07. The van der Waals surface area contributed by atoms with E-state index in [1.165, 1.54) is 16.8 Å². The van der Waals surface area contributed by atoms with Gasteiger partial charge in [-0.1, -0.05) is 0 Å². The molecule has 6 nitrogen and oxygen atoms in total. The van der Waals surface area contributed by atoms with Gasteiger partial charge in [0.1, 0.15) is 0 Å². The molecule has 0 unspecified atom stereocenters. The van der Waals surface area contributed by atoms with Crippen LogP contribution in [0.15, 0.2) is 23.1 Å². The van der Waals surface area contributed by atoms with Crippen LogP contribution in [0.5, 0.6) is 0 Å². The van der Waals surface area contributed by atoms with Crippen molar-refractivity contribution in [3.05, 3.63) is 34.2 Å². The first kappa shape index (κ1) is 14.0. The number of aromatic carboxylic acids is 1. The summed E-state index contributed by atoms with van der Waals surface area (Å²) in [6.07, 6.45) is 1.57. The van der Waals surface area contributed by atoms with E-state index in [0.29, 0.717) is 0 Å². The molecule has 18 heavy (non-hydrogen) atoms. The molecule has 0 saturated carbocycles. The van der Waals surface area contributed by atoms with Gasteiger partial charge in [-0.15, -0.1) is 0 Å². The highest BCUT2D eigenvalue weighted by Crippen LogP contribution is 1.96. The Hall–Kier alpha value is -2.11. The Bertz CT molecular complexity index is 505. The van der Waals surface area contributed by atoms with Crippen molar-refractivity contribution >= 4 is 11.9 Å². The quantitative estimate of drug-likeness (QED) is 0.796. The molecule has 2 N–H and O–H groups in total. The zero-order valence-corrected chi connectivity index (χ0v) is 10.3. The summed E-state index contributed by atoms with van der Waals surface area (Å²) in [7, 11) is 0. The molecule has 0 aliphatic heterocycles. The molecule has 0 spiro atoms. The first-order valence-corrected chi connectivity index (χ1v) is 5.63. The molecule has 0 aliphatic carbocycles. The Morgan fingerprint density at radius 1 is 1.44 bits per heavy atom. The van der Waals surface area contributed by atoms with Crippen molar-refractivity contribution in [1.82, 2.24) is 9.88 Å². The Labute approximate surface area is 104 Å². The minimum Gasteiger partial charge on any atom is -0.478 e. The maximum Gasteiger partial charge on any atom is 0.335 e. The standard InChI is InChI=1S/C12H16N2O4/c1-8(2)13-10(15)4-6-14-5-3-9(12(17)18)7-11(14)16/h3,5,7-8H,4,6H2,1-2H3,(H,13,15)(H,17,18). The van der Waals surface area contributed by atoms with E-state index in [1.807, 2.05) is 13.8 Å². The summed E-state index contributed by atoms with van der Waals surface area (Å²) in [6.45, 7) is 3.94. The largest absolute Gasteiger partial charge is 0.478 e. The van der Waals surface area contributed by atoms with Crippen LogP contribution in [0.2, 0.25) is 0 Å². The van der Waals surface area contributed by atoms with Crippen molar-refractivity contribution in [2.45, 2.75) is 32.9 Å². The normalized spacial score (nSPS) is 10.4. The van der Waals surface area contributed by atoms with Gasteiger partial charge in [-0.05, 0) is 19.9 Å². The van der Waals surface area contributed by atoms with E-state index in [-0.39, 0.29) is 30.5 Å². The van der Waals surface area contributed by atoms with Crippen molar-refractivity contribution < 1.29 is 14.7 Å². The zero-order chi connectivity index (χ0) is 13.7. The molecule has 1 rings (SSSR count). The third-order valence-corrected chi connectivity index (χ3v) is 2.27. The van der Waals surface area contributed by atoms with Crippen molar-refractivity contribution in [2.75, 3.05) is 0 Å². The van der Waals surface area contributed by atoms with Crippen LogP contribution in [-0.2, 0) is 11.3 Å². The molecule has 1 aromatic rings. The lowest BCUT2D eigenvalue weighted by molar-refractivity contribution is -0.121. The second-order valence-corrected chi connectivity index (χ2v) is 4.22. The summed E-state index contributed by atoms with van der Waals surface area (Å²) in [5.41, 5.74) is -0.477. The number of carbonyl (C=O) groups excluding carboxylic acids is 1. The van der Waals surface area contributed by atoms with E-state index >= 15 is 0 Å². The number of aromatic nitrogens is 1. The van der Waals surface area contributed by atoms with Crippen molar-refractivity contribution in [1.29, 1.82) is 0 Å². The number of amides is 1. The van der Waals surface area contributed by atoms with Crippen LogP contribution < -0.4 is 10.9 Å². The van der Waals surface area contributed by atoms with E-state index in [4.69, 9.17) is 5.11 Å². The van der Waals surface area contributed by atoms with Gasteiger partial charge in [-0.3, -0.25) is 9.59 Å². The second-order valence-electron chi connectivity index (χ2n) is 4.22. The minimum atomic E-state index is -1.14. The molecule has 0 saturated heterocycles. The SMILES string of the molecule is CC(C)NC(=O)CCn1ccc(C(=O)O)cc1=O. The fourth-order valence-electron chi connectivity index (χ4n) is 1.44. The van der Waals surface area contributed by atoms with Crippen LogP contribution in [0.25, 0.3) is 0 Å². The van der Waals surface area contributed by atoms with Crippen molar-refractivity contribution in [2.24, 2.45) is 0 Å². The molecule has 0 aliphatic rings. The van der Waals surface area contributed by atoms with Gasteiger partial charge in [0.2, 0.25) is 5.91 Å². The maximum atomic E-state index is 11.5. The van der Waals surface area contributed by atoms with Crippen LogP contribution >= 0.6 is 0 Å². The number of nitrogens with zero attached hydrogens (tertiary/aromatic N) is 1. The fraction of sp³-hybridized carbons (Fsp3) is 0.417. The lowest BCUT2D eigenvalue weighted by Crippen LogP contribution is -2.32. The summed E-state index contributed by atoms with van der Waals surface area (Å²) in [5.74, 6) is -1.28. The number of carbonyl (C=O) groups is 2. The summed E-state index contributed by atoms with van der Waals surface area (Å²) in [5, 5.41) is 11.4. The zero-order valence-electron chi connectivity index (χ0n) is 10.3. The third-order valence-electron chi connectivity index (χ3n) is 2.27. The Balaban J connectivity index is 2.66. The van der Waals surface area contributed by atoms with Gasteiger partial charge in [0, 0.05) is 31.3 Å². The predicted molar refractivity (Wildman–Crippen MR) is 65.6 cm³/mol. The van der Waals surface area contributed by atoms with E-state index < -0.39 is 11.5 Å². The maximum absolute atomic E-state index is 11.5. The number of pyridine rings is 1. The average Bonchev–Trinajstić information content (AvgIpc) is 2.26. The Kier molecular flexibility index (Phi) is 4.65. The highest BCUT2D eigenvalue weighted by molar-refractivity contribution is 5.87. The van der Waals surface area contributed by atoms with Gasteiger partial charge >= 0.3 is 5.97 Å². The lowest BCUT2D eigenvalue weighted by Gasteiger charge is -2.09. The van der Waals surface area contributed by atoms with Gasteiger partial charge in [0.15, 0.2) is 0 Å². The number of carboxylic acid groups (broad SMARTS) is 1. The summed E-state index contributed by atoms with van der Waals surface area (Å²) >= 11 is 0.